The molecule has 1 aromatic carbocycles. The van der Waals surface area contributed by atoms with Crippen LogP contribution in [-0.2, 0) is 7.05 Å². The van der Waals surface area contributed by atoms with Gasteiger partial charge in [0.25, 0.3) is 5.91 Å². The van der Waals surface area contributed by atoms with E-state index in [4.69, 9.17) is 5.73 Å². The fourth-order valence-corrected chi connectivity index (χ4v) is 2.19. The van der Waals surface area contributed by atoms with Crippen molar-refractivity contribution < 1.29 is 4.79 Å². The van der Waals surface area contributed by atoms with E-state index in [0.717, 1.165) is 5.56 Å². The Morgan fingerprint density at radius 1 is 1.30 bits per heavy atom. The Bertz CT molecular complexity index is 589. The summed E-state index contributed by atoms with van der Waals surface area (Å²) >= 11 is 0. The van der Waals surface area contributed by atoms with Gasteiger partial charge in [-0.05, 0) is 11.5 Å². The van der Waals surface area contributed by atoms with E-state index in [0.29, 0.717) is 5.69 Å². The number of carbonyl (C=O) groups is 1. The van der Waals surface area contributed by atoms with E-state index < -0.39 is 0 Å². The van der Waals surface area contributed by atoms with Crippen LogP contribution in [0.4, 0.5) is 5.69 Å². The largest absolute Gasteiger partial charge is 0.396 e. The number of aromatic nitrogens is 2. The molecule has 1 unspecified atom stereocenters. The third-order valence-electron chi connectivity index (χ3n) is 3.18. The molecule has 106 valence electrons. The Kier molecular flexibility index (Phi) is 4.08. The molecular weight excluding hydrogens is 252 g/mol. The van der Waals surface area contributed by atoms with Crippen LogP contribution in [0, 0.1) is 5.92 Å². The first-order valence-electron chi connectivity index (χ1n) is 6.64. The number of hydrogen-bond acceptors (Lipinski definition) is 3. The number of nitrogens with one attached hydrogen (secondary N) is 1. The number of anilines is 1. The number of aryl methyl sites for hydroxylation is 1. The van der Waals surface area contributed by atoms with Crippen LogP contribution in [-0.4, -0.2) is 15.7 Å². The van der Waals surface area contributed by atoms with E-state index in [2.05, 4.69) is 24.3 Å². The van der Waals surface area contributed by atoms with Crippen molar-refractivity contribution in [3.05, 3.63) is 47.8 Å². The van der Waals surface area contributed by atoms with E-state index in [9.17, 15) is 4.79 Å². The predicted molar refractivity (Wildman–Crippen MR) is 79.1 cm³/mol. The fraction of sp³-hybridized carbons (Fsp3) is 0.333. The topological polar surface area (TPSA) is 72.9 Å². The van der Waals surface area contributed by atoms with E-state index in [1.807, 2.05) is 30.3 Å². The molecule has 0 saturated heterocycles. The summed E-state index contributed by atoms with van der Waals surface area (Å²) in [4.78, 5) is 12.3. The van der Waals surface area contributed by atoms with Crippen LogP contribution in [0.3, 0.4) is 0 Å². The summed E-state index contributed by atoms with van der Waals surface area (Å²) in [6.45, 7) is 4.14. The van der Waals surface area contributed by atoms with Crippen molar-refractivity contribution >= 4 is 11.6 Å². The Balaban J connectivity index is 2.21. The molecule has 0 aliphatic heterocycles. The summed E-state index contributed by atoms with van der Waals surface area (Å²) < 4.78 is 1.54. The lowest BCUT2D eigenvalue weighted by Crippen LogP contribution is -2.32. The van der Waals surface area contributed by atoms with E-state index in [1.54, 1.807) is 13.2 Å². The summed E-state index contributed by atoms with van der Waals surface area (Å²) in [5.41, 5.74) is 7.52. The molecule has 20 heavy (non-hydrogen) atoms. The zero-order chi connectivity index (χ0) is 14.7. The van der Waals surface area contributed by atoms with Crippen LogP contribution in [0.15, 0.2) is 36.5 Å². The van der Waals surface area contributed by atoms with Crippen molar-refractivity contribution in [2.24, 2.45) is 13.0 Å². The minimum atomic E-state index is -0.245. The highest BCUT2D eigenvalue weighted by atomic mass is 16.2. The molecule has 3 N–H and O–H groups in total. The molecular formula is C15H20N4O. The first kappa shape index (κ1) is 14.1. The van der Waals surface area contributed by atoms with E-state index >= 15 is 0 Å². The molecule has 0 saturated carbocycles. The van der Waals surface area contributed by atoms with Crippen molar-refractivity contribution in [2.45, 2.75) is 19.9 Å². The monoisotopic (exact) mass is 272 g/mol. The van der Waals surface area contributed by atoms with Gasteiger partial charge in [0.2, 0.25) is 0 Å². The normalized spacial score (nSPS) is 12.4. The third-order valence-corrected chi connectivity index (χ3v) is 3.18. The molecule has 1 amide bonds. The quantitative estimate of drug-likeness (QED) is 0.895. The average Bonchev–Trinajstić information content (AvgIpc) is 2.75. The molecule has 5 nitrogen and oxygen atoms in total. The lowest BCUT2D eigenvalue weighted by atomic mass is 9.96. The first-order valence-corrected chi connectivity index (χ1v) is 6.64. The predicted octanol–water partition coefficient (Wildman–Crippen LogP) is 2.13. The Morgan fingerprint density at radius 2 is 1.95 bits per heavy atom. The highest BCUT2D eigenvalue weighted by Gasteiger charge is 2.21. The number of hydrogen-bond donors (Lipinski definition) is 2. The van der Waals surface area contributed by atoms with Crippen LogP contribution >= 0.6 is 0 Å². The first-order chi connectivity index (χ1) is 9.49. The molecule has 0 fully saturated rings. The minimum absolute atomic E-state index is 0.0647. The molecule has 1 atom stereocenters. The van der Waals surface area contributed by atoms with Gasteiger partial charge in [0.1, 0.15) is 0 Å². The van der Waals surface area contributed by atoms with E-state index in [-0.39, 0.29) is 23.6 Å². The van der Waals surface area contributed by atoms with Crippen molar-refractivity contribution in [1.82, 2.24) is 15.1 Å². The average molecular weight is 272 g/mol. The van der Waals surface area contributed by atoms with Crippen LogP contribution in [0.5, 0.6) is 0 Å². The third kappa shape index (κ3) is 2.99. The van der Waals surface area contributed by atoms with Crippen LogP contribution in [0.1, 0.15) is 35.9 Å². The lowest BCUT2D eigenvalue weighted by Gasteiger charge is -2.22. The number of amides is 1. The van der Waals surface area contributed by atoms with Gasteiger partial charge in [0.05, 0.1) is 11.7 Å². The molecule has 1 aromatic heterocycles. The molecule has 1 heterocycles. The van der Waals surface area contributed by atoms with Gasteiger partial charge in [-0.1, -0.05) is 44.2 Å². The second-order valence-corrected chi connectivity index (χ2v) is 5.21. The number of nitrogens with two attached hydrogens (primary N) is 1. The van der Waals surface area contributed by atoms with Crippen molar-refractivity contribution in [3.63, 3.8) is 0 Å². The number of carbonyl (C=O) groups excluding carboxylic acids is 1. The maximum absolute atomic E-state index is 12.3. The van der Waals surface area contributed by atoms with Crippen LogP contribution < -0.4 is 11.1 Å². The van der Waals surface area contributed by atoms with Gasteiger partial charge in [-0.2, -0.15) is 5.10 Å². The van der Waals surface area contributed by atoms with Gasteiger partial charge in [0.15, 0.2) is 5.69 Å². The van der Waals surface area contributed by atoms with Crippen LogP contribution in [0.25, 0.3) is 0 Å². The van der Waals surface area contributed by atoms with Crippen molar-refractivity contribution in [3.8, 4) is 0 Å². The summed E-state index contributed by atoms with van der Waals surface area (Å²) in [6.07, 6.45) is 1.63. The molecule has 2 rings (SSSR count). The lowest BCUT2D eigenvalue weighted by molar-refractivity contribution is 0.0920. The Morgan fingerprint density at radius 3 is 2.45 bits per heavy atom. The summed E-state index contributed by atoms with van der Waals surface area (Å²) in [6, 6.07) is 9.83. The molecule has 2 aromatic rings. The summed E-state index contributed by atoms with van der Waals surface area (Å²) in [5, 5.41) is 7.10. The minimum Gasteiger partial charge on any atom is -0.396 e. The number of nitrogen functional groups attached to an aromatic ring is 1. The van der Waals surface area contributed by atoms with Crippen LogP contribution in [0.2, 0.25) is 0 Å². The van der Waals surface area contributed by atoms with Gasteiger partial charge in [-0.25, -0.2) is 0 Å². The molecule has 0 radical (unpaired) electrons. The molecule has 0 aliphatic carbocycles. The Hall–Kier alpha value is -2.30. The van der Waals surface area contributed by atoms with Gasteiger partial charge in [-0.3, -0.25) is 9.48 Å². The van der Waals surface area contributed by atoms with Gasteiger partial charge in [-0.15, -0.1) is 0 Å². The highest BCUT2D eigenvalue weighted by Crippen LogP contribution is 2.22. The van der Waals surface area contributed by atoms with E-state index in [1.165, 1.54) is 4.68 Å². The second kappa shape index (κ2) is 5.77. The zero-order valence-corrected chi connectivity index (χ0v) is 12.0. The van der Waals surface area contributed by atoms with Crippen molar-refractivity contribution in [1.29, 1.82) is 0 Å². The van der Waals surface area contributed by atoms with Gasteiger partial charge >= 0.3 is 0 Å². The summed E-state index contributed by atoms with van der Waals surface area (Å²) in [7, 11) is 1.74. The molecule has 0 aliphatic rings. The maximum Gasteiger partial charge on any atom is 0.274 e. The standard InChI is InChI=1S/C15H20N4O/c1-10(2)13(11-7-5-4-6-8-11)17-15(20)14-12(16)9-19(3)18-14/h4-10,13H,16H2,1-3H3,(H,17,20). The zero-order valence-electron chi connectivity index (χ0n) is 12.0. The second-order valence-electron chi connectivity index (χ2n) is 5.21. The fourth-order valence-electron chi connectivity index (χ4n) is 2.19. The molecule has 0 bridgehead atoms. The Labute approximate surface area is 118 Å². The number of rotatable bonds is 4. The summed E-state index contributed by atoms with van der Waals surface area (Å²) in [5.74, 6) is 0.0249. The van der Waals surface area contributed by atoms with Gasteiger partial charge < -0.3 is 11.1 Å². The van der Waals surface area contributed by atoms with Crippen molar-refractivity contribution in [2.75, 3.05) is 5.73 Å². The number of nitrogens with zero attached hydrogens (tertiary/aromatic N) is 2. The smallest absolute Gasteiger partial charge is 0.274 e. The van der Waals surface area contributed by atoms with Gasteiger partial charge in [0, 0.05) is 13.2 Å². The number of benzene rings is 1. The molecule has 5 heteroatoms. The highest BCUT2D eigenvalue weighted by molar-refractivity contribution is 5.97. The SMILES string of the molecule is CC(C)C(NC(=O)c1nn(C)cc1N)c1ccccc1. The molecule has 0 spiro atoms. The maximum atomic E-state index is 12.3.